The summed E-state index contributed by atoms with van der Waals surface area (Å²) in [5.74, 6) is 0.377. The molecule has 1 aromatic carbocycles. The Morgan fingerprint density at radius 1 is 1.09 bits per heavy atom. The first-order valence-electron chi connectivity index (χ1n) is 10.9. The third-order valence-corrected chi connectivity index (χ3v) is 8.38. The summed E-state index contributed by atoms with van der Waals surface area (Å²) < 4.78 is 14.7. The Labute approximate surface area is 201 Å². The molecule has 1 saturated carbocycles. The van der Waals surface area contributed by atoms with E-state index in [1.165, 1.54) is 53.4 Å². The lowest BCUT2D eigenvalue weighted by Gasteiger charge is -2.34. The smallest absolute Gasteiger partial charge is 0.233 e. The minimum atomic E-state index is -0.271. The van der Waals surface area contributed by atoms with Crippen molar-refractivity contribution in [1.29, 1.82) is 0 Å². The highest BCUT2D eigenvalue weighted by molar-refractivity contribution is 8.03. The van der Waals surface area contributed by atoms with Gasteiger partial charge in [0.25, 0.3) is 0 Å². The van der Waals surface area contributed by atoms with Crippen molar-refractivity contribution in [2.24, 2.45) is 0 Å². The van der Waals surface area contributed by atoms with Gasteiger partial charge in [-0.2, -0.15) is 0 Å². The van der Waals surface area contributed by atoms with Crippen LogP contribution in [0.3, 0.4) is 0 Å². The molecule has 0 radical (unpaired) electrons. The van der Waals surface area contributed by atoms with Gasteiger partial charge in [-0.25, -0.2) is 4.39 Å². The molecule has 1 aliphatic rings. The molecule has 2 aromatic rings. The number of benzene rings is 1. The quantitative estimate of drug-likeness (QED) is 0.453. The molecule has 1 aliphatic carbocycles. The number of rotatable bonds is 11. The zero-order valence-electron chi connectivity index (χ0n) is 18.2. The molecule has 6 nitrogen and oxygen atoms in total. The zero-order chi connectivity index (χ0) is 22.8. The van der Waals surface area contributed by atoms with Crippen LogP contribution in [0.2, 0.25) is 0 Å². The van der Waals surface area contributed by atoms with Crippen LogP contribution in [0.4, 0.5) is 4.39 Å². The third-order valence-electron chi connectivity index (χ3n) is 5.21. The Hall–Kier alpha value is -1.65. The number of nitrogens with one attached hydrogen (secondary N) is 1. The standard InChI is InChI=1S/C22H29FN4O2S3/c1-2-12-24-19(28)14-30-21-25-26-22(32-21)31-15-20(29)27(18-6-4-3-5-7-18)13-16-8-10-17(23)11-9-16/h8-11,18H,2-7,12-15H2,1H3,(H,24,28). The molecule has 0 saturated heterocycles. The molecule has 0 atom stereocenters. The average Bonchev–Trinajstić information content (AvgIpc) is 3.28. The van der Waals surface area contributed by atoms with Gasteiger partial charge in [0.05, 0.1) is 11.5 Å². The minimum absolute atomic E-state index is 0.0136. The Bertz CT molecular complexity index is 872. The Kier molecular flexibility index (Phi) is 10.3. The summed E-state index contributed by atoms with van der Waals surface area (Å²) in [6.07, 6.45) is 6.41. The summed E-state index contributed by atoms with van der Waals surface area (Å²) in [5.41, 5.74) is 0.936. The van der Waals surface area contributed by atoms with Gasteiger partial charge in [0.1, 0.15) is 5.82 Å². The highest BCUT2D eigenvalue weighted by atomic mass is 32.2. The molecule has 174 valence electrons. The Morgan fingerprint density at radius 2 is 1.75 bits per heavy atom. The monoisotopic (exact) mass is 496 g/mol. The number of amides is 2. The van der Waals surface area contributed by atoms with E-state index in [9.17, 15) is 14.0 Å². The van der Waals surface area contributed by atoms with Crippen LogP contribution in [-0.4, -0.2) is 51.0 Å². The molecule has 0 spiro atoms. The minimum Gasteiger partial charge on any atom is -0.355 e. The van der Waals surface area contributed by atoms with Gasteiger partial charge in [0.15, 0.2) is 8.68 Å². The Balaban J connectivity index is 1.54. The van der Waals surface area contributed by atoms with Crippen molar-refractivity contribution in [1.82, 2.24) is 20.4 Å². The van der Waals surface area contributed by atoms with E-state index in [-0.39, 0.29) is 29.4 Å². The molecule has 1 fully saturated rings. The van der Waals surface area contributed by atoms with Gasteiger partial charge < -0.3 is 10.2 Å². The van der Waals surface area contributed by atoms with Crippen LogP contribution in [-0.2, 0) is 16.1 Å². The molecule has 1 N–H and O–H groups in total. The van der Waals surface area contributed by atoms with E-state index in [2.05, 4.69) is 15.5 Å². The van der Waals surface area contributed by atoms with Crippen LogP contribution in [0.1, 0.15) is 51.0 Å². The van der Waals surface area contributed by atoms with Crippen molar-refractivity contribution in [3.05, 3.63) is 35.6 Å². The van der Waals surface area contributed by atoms with Gasteiger partial charge in [-0.15, -0.1) is 10.2 Å². The number of nitrogens with zero attached hydrogens (tertiary/aromatic N) is 3. The van der Waals surface area contributed by atoms with Crippen molar-refractivity contribution in [2.75, 3.05) is 18.1 Å². The van der Waals surface area contributed by atoms with E-state index in [0.717, 1.165) is 46.3 Å². The number of aromatic nitrogens is 2. The fourth-order valence-corrected chi connectivity index (χ4v) is 6.30. The van der Waals surface area contributed by atoms with Crippen LogP contribution >= 0.6 is 34.9 Å². The maximum absolute atomic E-state index is 13.3. The predicted molar refractivity (Wildman–Crippen MR) is 128 cm³/mol. The van der Waals surface area contributed by atoms with Gasteiger partial charge in [0, 0.05) is 19.1 Å². The second-order valence-electron chi connectivity index (χ2n) is 7.70. The van der Waals surface area contributed by atoms with Crippen LogP contribution in [0.5, 0.6) is 0 Å². The van der Waals surface area contributed by atoms with Gasteiger partial charge in [0.2, 0.25) is 11.8 Å². The normalized spacial score (nSPS) is 14.3. The topological polar surface area (TPSA) is 75.2 Å². The number of hydrogen-bond acceptors (Lipinski definition) is 7. The molecular weight excluding hydrogens is 467 g/mol. The summed E-state index contributed by atoms with van der Waals surface area (Å²) in [6.45, 7) is 3.18. The van der Waals surface area contributed by atoms with Gasteiger partial charge >= 0.3 is 0 Å². The van der Waals surface area contributed by atoms with Crippen molar-refractivity contribution < 1.29 is 14.0 Å². The summed E-state index contributed by atoms with van der Waals surface area (Å²) in [5, 5.41) is 11.1. The molecule has 0 bridgehead atoms. The van der Waals surface area contributed by atoms with Gasteiger partial charge in [-0.1, -0.05) is 73.2 Å². The van der Waals surface area contributed by atoms with Crippen molar-refractivity contribution in [3.63, 3.8) is 0 Å². The van der Waals surface area contributed by atoms with Crippen LogP contribution in [0.15, 0.2) is 32.9 Å². The molecular formula is C22H29FN4O2S3. The molecule has 1 aromatic heterocycles. The number of carbonyl (C=O) groups excluding carboxylic acids is 2. The summed E-state index contributed by atoms with van der Waals surface area (Å²) in [4.78, 5) is 26.8. The first kappa shape index (κ1) is 25.0. The van der Waals surface area contributed by atoms with Crippen molar-refractivity contribution in [3.8, 4) is 0 Å². The lowest BCUT2D eigenvalue weighted by atomic mass is 9.94. The van der Waals surface area contributed by atoms with Crippen molar-refractivity contribution >= 4 is 46.7 Å². The predicted octanol–water partition coefficient (Wildman–Crippen LogP) is 4.75. The van der Waals surface area contributed by atoms with E-state index in [4.69, 9.17) is 0 Å². The first-order chi connectivity index (χ1) is 15.5. The number of carbonyl (C=O) groups is 2. The number of thioether (sulfide) groups is 2. The second-order valence-corrected chi connectivity index (χ2v) is 11.1. The molecule has 3 rings (SSSR count). The molecule has 10 heteroatoms. The lowest BCUT2D eigenvalue weighted by molar-refractivity contribution is -0.132. The second kappa shape index (κ2) is 13.2. The summed E-state index contributed by atoms with van der Waals surface area (Å²) in [7, 11) is 0. The fourth-order valence-electron chi connectivity index (χ4n) is 3.56. The highest BCUT2D eigenvalue weighted by Gasteiger charge is 2.26. The van der Waals surface area contributed by atoms with Crippen molar-refractivity contribution in [2.45, 2.75) is 66.7 Å². The number of halogens is 1. The van der Waals surface area contributed by atoms with Crippen LogP contribution in [0, 0.1) is 5.82 Å². The lowest BCUT2D eigenvalue weighted by Crippen LogP contribution is -2.41. The van der Waals surface area contributed by atoms with E-state index in [1.807, 2.05) is 11.8 Å². The molecule has 32 heavy (non-hydrogen) atoms. The van der Waals surface area contributed by atoms with Gasteiger partial charge in [-0.05, 0) is 37.0 Å². The first-order valence-corrected chi connectivity index (χ1v) is 13.7. The number of hydrogen-bond donors (Lipinski definition) is 1. The fraction of sp³-hybridized carbons (Fsp3) is 0.545. The maximum atomic E-state index is 13.3. The van der Waals surface area contributed by atoms with Crippen LogP contribution < -0.4 is 5.32 Å². The third kappa shape index (κ3) is 8.04. The van der Waals surface area contributed by atoms with E-state index in [1.54, 1.807) is 12.1 Å². The summed E-state index contributed by atoms with van der Waals surface area (Å²) >= 11 is 4.15. The van der Waals surface area contributed by atoms with Crippen LogP contribution in [0.25, 0.3) is 0 Å². The summed E-state index contributed by atoms with van der Waals surface area (Å²) in [6, 6.07) is 6.60. The van der Waals surface area contributed by atoms with E-state index >= 15 is 0 Å². The molecule has 2 amide bonds. The molecule has 0 unspecified atom stereocenters. The molecule has 0 aliphatic heterocycles. The largest absolute Gasteiger partial charge is 0.355 e. The SMILES string of the molecule is CCCNC(=O)CSc1nnc(SCC(=O)N(Cc2ccc(F)cc2)C2CCCCC2)s1. The zero-order valence-corrected chi connectivity index (χ0v) is 20.7. The van der Waals surface area contributed by atoms with Gasteiger partial charge in [-0.3, -0.25) is 9.59 Å². The maximum Gasteiger partial charge on any atom is 0.233 e. The Morgan fingerprint density at radius 3 is 2.41 bits per heavy atom. The molecule has 1 heterocycles. The highest BCUT2D eigenvalue weighted by Crippen LogP contribution is 2.30. The average molecular weight is 497 g/mol. The van der Waals surface area contributed by atoms with E-state index < -0.39 is 0 Å². The van der Waals surface area contributed by atoms with E-state index in [0.29, 0.717) is 18.8 Å².